The Bertz CT molecular complexity index is 538. The van der Waals surface area contributed by atoms with E-state index >= 15 is 0 Å². The van der Waals surface area contributed by atoms with E-state index in [1.807, 2.05) is 21.7 Å². The molecule has 2 aromatic heterocycles. The van der Waals surface area contributed by atoms with Crippen LogP contribution in [-0.2, 0) is 6.54 Å². The summed E-state index contributed by atoms with van der Waals surface area (Å²) in [5, 5.41) is 5.07. The van der Waals surface area contributed by atoms with Crippen LogP contribution in [0.2, 0.25) is 0 Å². The SMILES string of the molecule is O=C(NCCn1ccnc1)N1CCCC1c1cccs1. The third-order valence-electron chi connectivity index (χ3n) is 3.59. The van der Waals surface area contributed by atoms with Crippen molar-refractivity contribution < 1.29 is 4.79 Å². The second-order valence-corrected chi connectivity index (χ2v) is 5.88. The molecule has 6 heteroatoms. The fourth-order valence-corrected chi connectivity index (χ4v) is 3.47. The lowest BCUT2D eigenvalue weighted by molar-refractivity contribution is 0.193. The molecule has 0 aromatic carbocycles. The van der Waals surface area contributed by atoms with Crippen LogP contribution >= 0.6 is 11.3 Å². The summed E-state index contributed by atoms with van der Waals surface area (Å²) in [4.78, 5) is 19.5. The Hall–Kier alpha value is -1.82. The minimum Gasteiger partial charge on any atom is -0.336 e. The molecule has 1 fully saturated rings. The molecule has 1 saturated heterocycles. The predicted molar refractivity (Wildman–Crippen MR) is 78.6 cm³/mol. The lowest BCUT2D eigenvalue weighted by Gasteiger charge is -2.24. The maximum atomic E-state index is 12.3. The van der Waals surface area contributed by atoms with E-state index in [4.69, 9.17) is 0 Å². The van der Waals surface area contributed by atoms with E-state index in [2.05, 4.69) is 21.7 Å². The largest absolute Gasteiger partial charge is 0.336 e. The average molecular weight is 290 g/mol. The highest BCUT2D eigenvalue weighted by Gasteiger charge is 2.30. The number of aromatic nitrogens is 2. The standard InChI is InChI=1S/C14H18N4OS/c19-14(16-6-9-17-8-5-15-11-17)18-7-1-3-12(18)13-4-2-10-20-13/h2,4-5,8,10-12H,1,3,6-7,9H2,(H,16,19). The number of urea groups is 1. The molecule has 0 spiro atoms. The number of carbonyl (C=O) groups is 1. The molecule has 2 aromatic rings. The lowest BCUT2D eigenvalue weighted by Crippen LogP contribution is -2.40. The average Bonchev–Trinajstić information content (AvgIpc) is 3.19. The van der Waals surface area contributed by atoms with Gasteiger partial charge >= 0.3 is 6.03 Å². The van der Waals surface area contributed by atoms with E-state index in [1.54, 1.807) is 23.9 Å². The van der Waals surface area contributed by atoms with Gasteiger partial charge in [-0.05, 0) is 24.3 Å². The van der Waals surface area contributed by atoms with Crippen molar-refractivity contribution in [3.05, 3.63) is 41.1 Å². The number of thiophene rings is 1. The van der Waals surface area contributed by atoms with Crippen molar-refractivity contribution in [3.8, 4) is 0 Å². The van der Waals surface area contributed by atoms with Gasteiger partial charge in [-0.15, -0.1) is 11.3 Å². The number of amides is 2. The first-order valence-electron chi connectivity index (χ1n) is 6.88. The third kappa shape index (κ3) is 2.85. The molecule has 1 aliphatic heterocycles. The zero-order valence-corrected chi connectivity index (χ0v) is 12.1. The van der Waals surface area contributed by atoms with Crippen LogP contribution in [-0.4, -0.2) is 33.6 Å². The zero-order valence-electron chi connectivity index (χ0n) is 11.2. The van der Waals surface area contributed by atoms with Gasteiger partial charge in [-0.3, -0.25) is 0 Å². The second kappa shape index (κ2) is 6.09. The van der Waals surface area contributed by atoms with Gasteiger partial charge in [0.2, 0.25) is 0 Å². The Morgan fingerprint density at radius 1 is 1.55 bits per heavy atom. The van der Waals surface area contributed by atoms with Crippen molar-refractivity contribution in [2.45, 2.75) is 25.4 Å². The first-order chi connectivity index (χ1) is 9.84. The monoisotopic (exact) mass is 290 g/mol. The van der Waals surface area contributed by atoms with Crippen molar-refractivity contribution in [1.29, 1.82) is 0 Å². The molecule has 106 valence electrons. The molecular formula is C14H18N4OS. The Balaban J connectivity index is 1.53. The van der Waals surface area contributed by atoms with Crippen LogP contribution in [0.15, 0.2) is 36.2 Å². The summed E-state index contributed by atoms with van der Waals surface area (Å²) >= 11 is 1.73. The van der Waals surface area contributed by atoms with Crippen molar-refractivity contribution in [2.75, 3.05) is 13.1 Å². The predicted octanol–water partition coefficient (Wildman–Crippen LogP) is 2.49. The van der Waals surface area contributed by atoms with Gasteiger partial charge in [0.15, 0.2) is 0 Å². The Kier molecular flexibility index (Phi) is 4.01. The van der Waals surface area contributed by atoms with Crippen molar-refractivity contribution in [2.24, 2.45) is 0 Å². The molecule has 0 saturated carbocycles. The number of rotatable bonds is 4. The maximum Gasteiger partial charge on any atom is 0.318 e. The van der Waals surface area contributed by atoms with Gasteiger partial charge in [-0.1, -0.05) is 6.07 Å². The molecule has 0 aliphatic carbocycles. The molecule has 0 bridgehead atoms. The Labute approximate surface area is 122 Å². The molecule has 1 aliphatic rings. The first kappa shape index (κ1) is 13.2. The summed E-state index contributed by atoms with van der Waals surface area (Å²) in [6, 6.07) is 4.46. The Morgan fingerprint density at radius 2 is 2.50 bits per heavy atom. The number of likely N-dealkylation sites (tertiary alicyclic amines) is 1. The van der Waals surface area contributed by atoms with Crippen LogP contribution in [0.4, 0.5) is 4.79 Å². The molecule has 20 heavy (non-hydrogen) atoms. The fraction of sp³-hybridized carbons (Fsp3) is 0.429. The van der Waals surface area contributed by atoms with E-state index < -0.39 is 0 Å². The molecule has 5 nitrogen and oxygen atoms in total. The normalized spacial score (nSPS) is 18.4. The van der Waals surface area contributed by atoms with Crippen molar-refractivity contribution in [1.82, 2.24) is 19.8 Å². The highest BCUT2D eigenvalue weighted by molar-refractivity contribution is 7.10. The summed E-state index contributed by atoms with van der Waals surface area (Å²) in [7, 11) is 0. The van der Waals surface area contributed by atoms with E-state index in [1.165, 1.54) is 4.88 Å². The lowest BCUT2D eigenvalue weighted by atomic mass is 10.2. The first-order valence-corrected chi connectivity index (χ1v) is 7.76. The van der Waals surface area contributed by atoms with Gasteiger partial charge in [0.1, 0.15) is 0 Å². The summed E-state index contributed by atoms with van der Waals surface area (Å²) in [6.07, 6.45) is 7.55. The summed E-state index contributed by atoms with van der Waals surface area (Å²) in [6.45, 7) is 2.23. The topological polar surface area (TPSA) is 50.2 Å². The zero-order chi connectivity index (χ0) is 13.8. The van der Waals surface area contributed by atoms with E-state index in [0.29, 0.717) is 6.54 Å². The van der Waals surface area contributed by atoms with Crippen LogP contribution in [0.5, 0.6) is 0 Å². The summed E-state index contributed by atoms with van der Waals surface area (Å²) in [5.74, 6) is 0. The van der Waals surface area contributed by atoms with Crippen LogP contribution in [0.1, 0.15) is 23.8 Å². The van der Waals surface area contributed by atoms with Gasteiger partial charge in [-0.2, -0.15) is 0 Å². The number of hydrogen-bond acceptors (Lipinski definition) is 3. The smallest absolute Gasteiger partial charge is 0.318 e. The van der Waals surface area contributed by atoms with Crippen LogP contribution in [0.3, 0.4) is 0 Å². The third-order valence-corrected chi connectivity index (χ3v) is 4.56. The molecular weight excluding hydrogens is 272 g/mol. The second-order valence-electron chi connectivity index (χ2n) is 4.90. The van der Waals surface area contributed by atoms with Gasteiger partial charge in [0.25, 0.3) is 0 Å². The van der Waals surface area contributed by atoms with E-state index in [0.717, 1.165) is 25.9 Å². The maximum absolute atomic E-state index is 12.3. The van der Waals surface area contributed by atoms with Gasteiger partial charge in [-0.25, -0.2) is 9.78 Å². The van der Waals surface area contributed by atoms with Crippen LogP contribution < -0.4 is 5.32 Å². The Morgan fingerprint density at radius 3 is 3.25 bits per heavy atom. The van der Waals surface area contributed by atoms with E-state index in [-0.39, 0.29) is 12.1 Å². The quantitative estimate of drug-likeness (QED) is 0.940. The highest BCUT2D eigenvalue weighted by Crippen LogP contribution is 2.34. The minimum absolute atomic E-state index is 0.0426. The molecule has 0 radical (unpaired) electrons. The molecule has 2 amide bonds. The molecule has 3 heterocycles. The number of hydrogen-bond donors (Lipinski definition) is 1. The number of nitrogens with zero attached hydrogens (tertiary/aromatic N) is 3. The van der Waals surface area contributed by atoms with Gasteiger partial charge < -0.3 is 14.8 Å². The molecule has 3 rings (SSSR count). The minimum atomic E-state index is 0.0426. The molecule has 1 unspecified atom stereocenters. The van der Waals surface area contributed by atoms with E-state index in [9.17, 15) is 4.79 Å². The molecule has 1 atom stereocenters. The number of imidazole rings is 1. The highest BCUT2D eigenvalue weighted by atomic mass is 32.1. The number of nitrogens with one attached hydrogen (secondary N) is 1. The van der Waals surface area contributed by atoms with Gasteiger partial charge in [0, 0.05) is 36.9 Å². The van der Waals surface area contributed by atoms with Crippen LogP contribution in [0, 0.1) is 0 Å². The summed E-state index contributed by atoms with van der Waals surface area (Å²) < 4.78 is 1.96. The van der Waals surface area contributed by atoms with Crippen molar-refractivity contribution in [3.63, 3.8) is 0 Å². The fourth-order valence-electron chi connectivity index (χ4n) is 2.60. The molecule has 1 N–H and O–H groups in total. The number of carbonyl (C=O) groups excluding carboxylic acids is 1. The summed E-state index contributed by atoms with van der Waals surface area (Å²) in [5.41, 5.74) is 0. The van der Waals surface area contributed by atoms with Crippen molar-refractivity contribution >= 4 is 17.4 Å². The van der Waals surface area contributed by atoms with Crippen LogP contribution in [0.25, 0.3) is 0 Å². The van der Waals surface area contributed by atoms with Gasteiger partial charge in [0.05, 0.1) is 12.4 Å².